The van der Waals surface area contributed by atoms with Crippen LogP contribution in [0.2, 0.25) is 0 Å². The highest BCUT2D eigenvalue weighted by molar-refractivity contribution is 6.65. The molecule has 2 heterocycles. The number of nitrogens with zero attached hydrogens (tertiary/aromatic N) is 1. The number of pyridine rings is 1. The summed E-state index contributed by atoms with van der Waals surface area (Å²) >= 11 is 0. The minimum absolute atomic E-state index is 0.0932. The van der Waals surface area contributed by atoms with Crippen LogP contribution in [-0.2, 0) is 17.8 Å². The smallest absolute Gasteiger partial charge is 0.413 e. The Labute approximate surface area is 152 Å². The van der Waals surface area contributed by atoms with Crippen LogP contribution in [0.25, 0.3) is 10.8 Å². The van der Waals surface area contributed by atoms with Gasteiger partial charge >= 0.3 is 7.05 Å². The first-order valence-electron chi connectivity index (χ1n) is 8.76. The SMILES string of the molecule is NC[C@@H](C(=O)Cc1ccc2cnccc2c1)c1cccc2c1CNB2O. The number of carbonyl (C=O) groups excluding carboxylic acids is 1. The molecule has 4 N–H and O–H groups in total. The van der Waals surface area contributed by atoms with Crippen molar-refractivity contribution >= 4 is 29.1 Å². The van der Waals surface area contributed by atoms with Gasteiger partial charge in [-0.25, -0.2) is 0 Å². The van der Waals surface area contributed by atoms with E-state index in [1.165, 1.54) is 0 Å². The van der Waals surface area contributed by atoms with E-state index in [-0.39, 0.29) is 18.2 Å². The minimum atomic E-state index is -0.674. The minimum Gasteiger partial charge on any atom is -0.433 e. The first-order valence-corrected chi connectivity index (χ1v) is 8.76. The zero-order chi connectivity index (χ0) is 18.1. The van der Waals surface area contributed by atoms with Gasteiger partial charge in [0.2, 0.25) is 0 Å². The predicted octanol–water partition coefficient (Wildman–Crippen LogP) is 0.880. The van der Waals surface area contributed by atoms with Crippen molar-refractivity contribution in [1.29, 1.82) is 0 Å². The van der Waals surface area contributed by atoms with Crippen molar-refractivity contribution in [3.8, 4) is 0 Å². The first kappa shape index (κ1) is 16.9. The van der Waals surface area contributed by atoms with E-state index in [2.05, 4.69) is 10.2 Å². The molecule has 2 aromatic carbocycles. The second kappa shape index (κ2) is 7.00. The van der Waals surface area contributed by atoms with Crippen molar-refractivity contribution in [3.05, 3.63) is 71.5 Å². The molecule has 130 valence electrons. The van der Waals surface area contributed by atoms with Crippen LogP contribution in [0.4, 0.5) is 0 Å². The maximum absolute atomic E-state index is 13.0. The number of Topliss-reactive ketones (excluding diaryl/α,β-unsaturated/α-hetero) is 1. The van der Waals surface area contributed by atoms with E-state index in [1.807, 2.05) is 48.7 Å². The summed E-state index contributed by atoms with van der Waals surface area (Å²) in [5.74, 6) is -0.277. The van der Waals surface area contributed by atoms with E-state index in [0.29, 0.717) is 13.0 Å². The summed E-state index contributed by atoms with van der Waals surface area (Å²) in [6, 6.07) is 13.6. The van der Waals surface area contributed by atoms with Gasteiger partial charge in [0, 0.05) is 37.3 Å². The summed E-state index contributed by atoms with van der Waals surface area (Å²) < 4.78 is 0. The molecule has 5 nitrogen and oxygen atoms in total. The third-order valence-electron chi connectivity index (χ3n) is 5.10. The van der Waals surface area contributed by atoms with Gasteiger partial charge < -0.3 is 16.0 Å². The predicted molar refractivity (Wildman–Crippen MR) is 103 cm³/mol. The van der Waals surface area contributed by atoms with E-state index in [0.717, 1.165) is 32.9 Å². The van der Waals surface area contributed by atoms with Crippen molar-refractivity contribution in [3.63, 3.8) is 0 Å². The molecular weight excluding hydrogens is 325 g/mol. The molecule has 0 saturated carbocycles. The number of hydrogen-bond acceptors (Lipinski definition) is 5. The number of nitrogens with one attached hydrogen (secondary N) is 1. The molecule has 0 saturated heterocycles. The van der Waals surface area contributed by atoms with Crippen molar-refractivity contribution in [2.75, 3.05) is 6.54 Å². The number of benzene rings is 2. The van der Waals surface area contributed by atoms with E-state index < -0.39 is 7.05 Å². The molecule has 1 aromatic heterocycles. The Kier molecular flexibility index (Phi) is 4.55. The molecule has 1 atom stereocenters. The fourth-order valence-corrected chi connectivity index (χ4v) is 3.72. The van der Waals surface area contributed by atoms with Gasteiger partial charge in [0.25, 0.3) is 0 Å². The maximum atomic E-state index is 13.0. The number of nitrogens with two attached hydrogens (primary N) is 1. The molecule has 3 aromatic rings. The number of fused-ring (bicyclic) bond motifs is 2. The Morgan fingerprint density at radius 1 is 1.27 bits per heavy atom. The largest absolute Gasteiger partial charge is 0.433 e. The van der Waals surface area contributed by atoms with Crippen LogP contribution in [0.5, 0.6) is 0 Å². The van der Waals surface area contributed by atoms with E-state index in [4.69, 9.17) is 5.73 Å². The normalized spacial score (nSPS) is 14.5. The molecule has 1 aliphatic rings. The Bertz CT molecular complexity index is 976. The Hall–Kier alpha value is -2.54. The van der Waals surface area contributed by atoms with Gasteiger partial charge in [-0.15, -0.1) is 0 Å². The summed E-state index contributed by atoms with van der Waals surface area (Å²) in [5, 5.41) is 15.1. The van der Waals surface area contributed by atoms with Crippen LogP contribution >= 0.6 is 0 Å². The molecule has 6 heteroatoms. The van der Waals surface area contributed by atoms with Crippen molar-refractivity contribution in [1.82, 2.24) is 10.2 Å². The molecule has 26 heavy (non-hydrogen) atoms. The first-order chi connectivity index (χ1) is 12.7. The number of carbonyl (C=O) groups is 1. The lowest BCUT2D eigenvalue weighted by Gasteiger charge is -2.18. The Morgan fingerprint density at radius 2 is 2.15 bits per heavy atom. The molecule has 0 unspecified atom stereocenters. The third kappa shape index (κ3) is 3.03. The average Bonchev–Trinajstić information content (AvgIpc) is 3.04. The zero-order valence-corrected chi connectivity index (χ0v) is 14.4. The Balaban J connectivity index is 1.62. The second-order valence-electron chi connectivity index (χ2n) is 6.69. The highest BCUT2D eigenvalue weighted by atomic mass is 16.2. The molecule has 0 fully saturated rings. The topological polar surface area (TPSA) is 88.2 Å². The van der Waals surface area contributed by atoms with Crippen LogP contribution in [0.3, 0.4) is 0 Å². The molecule has 0 spiro atoms. The van der Waals surface area contributed by atoms with Gasteiger partial charge in [0.1, 0.15) is 5.78 Å². The van der Waals surface area contributed by atoms with Crippen LogP contribution in [0.1, 0.15) is 22.6 Å². The van der Waals surface area contributed by atoms with E-state index in [1.54, 1.807) is 6.20 Å². The molecule has 1 aliphatic heterocycles. The van der Waals surface area contributed by atoms with E-state index in [9.17, 15) is 9.82 Å². The number of aromatic nitrogens is 1. The summed E-state index contributed by atoms with van der Waals surface area (Å²) in [7, 11) is -0.674. The second-order valence-corrected chi connectivity index (χ2v) is 6.69. The lowest BCUT2D eigenvalue weighted by atomic mass is 9.74. The number of rotatable bonds is 5. The summed E-state index contributed by atoms with van der Waals surface area (Å²) in [6.07, 6.45) is 3.90. The van der Waals surface area contributed by atoms with Gasteiger partial charge in [0.05, 0.1) is 5.92 Å². The number of ketones is 1. The van der Waals surface area contributed by atoms with Gasteiger partial charge in [-0.2, -0.15) is 0 Å². The van der Waals surface area contributed by atoms with E-state index >= 15 is 0 Å². The molecule has 0 bridgehead atoms. The van der Waals surface area contributed by atoms with Crippen LogP contribution in [0, 0.1) is 0 Å². The zero-order valence-electron chi connectivity index (χ0n) is 14.4. The standard InChI is InChI=1S/C20H20BN3O2/c22-10-17(16-2-1-3-19-18(16)12-24-21(19)26)20(25)9-13-4-5-15-11-23-7-6-14(15)8-13/h1-8,11,17,24,26H,9-10,12,22H2/t17-/m1/s1. The molecule has 0 amide bonds. The van der Waals surface area contributed by atoms with Crippen LogP contribution < -0.4 is 16.4 Å². The van der Waals surface area contributed by atoms with Crippen molar-refractivity contribution < 1.29 is 9.82 Å². The quantitative estimate of drug-likeness (QED) is 0.598. The highest BCUT2D eigenvalue weighted by Gasteiger charge is 2.30. The highest BCUT2D eigenvalue weighted by Crippen LogP contribution is 2.24. The lowest BCUT2D eigenvalue weighted by molar-refractivity contribution is -0.119. The monoisotopic (exact) mass is 345 g/mol. The summed E-state index contributed by atoms with van der Waals surface area (Å²) in [6.45, 7) is 0.808. The third-order valence-corrected chi connectivity index (χ3v) is 5.10. The molecule has 4 rings (SSSR count). The van der Waals surface area contributed by atoms with Crippen molar-refractivity contribution in [2.45, 2.75) is 18.9 Å². The van der Waals surface area contributed by atoms with Crippen molar-refractivity contribution in [2.24, 2.45) is 5.73 Å². The van der Waals surface area contributed by atoms with Gasteiger partial charge in [0.15, 0.2) is 0 Å². The molecule has 0 radical (unpaired) electrons. The fourth-order valence-electron chi connectivity index (χ4n) is 3.72. The van der Waals surface area contributed by atoms with Crippen LogP contribution in [0.15, 0.2) is 54.9 Å². The lowest BCUT2D eigenvalue weighted by Crippen LogP contribution is -2.37. The van der Waals surface area contributed by atoms with Gasteiger partial charge in [-0.1, -0.05) is 36.4 Å². The summed E-state index contributed by atoms with van der Waals surface area (Å²) in [4.78, 5) is 17.1. The Morgan fingerprint density at radius 3 is 3.00 bits per heavy atom. The van der Waals surface area contributed by atoms with Gasteiger partial charge in [-0.05, 0) is 33.6 Å². The summed E-state index contributed by atoms with van der Waals surface area (Å²) in [5.41, 5.74) is 9.69. The average molecular weight is 345 g/mol. The molecule has 0 aliphatic carbocycles. The maximum Gasteiger partial charge on any atom is 0.413 e. The number of hydrogen-bond donors (Lipinski definition) is 3. The van der Waals surface area contributed by atoms with Gasteiger partial charge in [-0.3, -0.25) is 9.78 Å². The van der Waals surface area contributed by atoms with Crippen LogP contribution in [-0.4, -0.2) is 29.4 Å². The molecular formula is C20H20BN3O2. The fraction of sp³-hybridized carbons (Fsp3) is 0.200.